The molecule has 166 valence electrons. The van der Waals surface area contributed by atoms with Gasteiger partial charge in [-0.05, 0) is 13.0 Å². The largest absolute Gasteiger partial charge is 0.353 e. The van der Waals surface area contributed by atoms with Crippen LogP contribution < -0.4 is 10.6 Å². The van der Waals surface area contributed by atoms with Gasteiger partial charge in [0.15, 0.2) is 0 Å². The summed E-state index contributed by atoms with van der Waals surface area (Å²) in [6.45, 7) is 5.01. The molecule has 1 saturated heterocycles. The van der Waals surface area contributed by atoms with Crippen molar-refractivity contribution in [3.05, 3.63) is 0 Å². The molecule has 0 spiro atoms. The second-order valence-electron chi connectivity index (χ2n) is 8.14. The maximum atomic E-state index is 10.7. The molecule has 1 aliphatic rings. The third-order valence-corrected chi connectivity index (χ3v) is 5.79. The minimum Gasteiger partial charge on any atom is -0.353 e. The Hall–Kier alpha value is -0.810. The maximum Gasteiger partial charge on any atom is 0.207 e. The first-order valence-electron chi connectivity index (χ1n) is 11.4. The number of hydrogen-bond acceptors (Lipinski definition) is 3. The fourth-order valence-corrected chi connectivity index (χ4v) is 4.11. The van der Waals surface area contributed by atoms with Crippen LogP contribution in [-0.2, 0) is 9.59 Å². The smallest absolute Gasteiger partial charge is 0.207 e. The van der Waals surface area contributed by atoms with E-state index in [0.29, 0.717) is 0 Å². The van der Waals surface area contributed by atoms with Crippen molar-refractivity contribution >= 4 is 25.2 Å². The highest BCUT2D eigenvalue weighted by Crippen LogP contribution is 2.14. The van der Waals surface area contributed by atoms with Crippen molar-refractivity contribution in [3.63, 3.8) is 0 Å². The van der Waals surface area contributed by atoms with E-state index in [-0.39, 0.29) is 24.5 Å². The van der Waals surface area contributed by atoms with Gasteiger partial charge in [-0.2, -0.15) is 0 Å². The zero-order valence-electron chi connectivity index (χ0n) is 18.0. The number of unbranched alkanes of at least 4 members (excludes halogenated alkanes) is 13. The van der Waals surface area contributed by atoms with E-state index < -0.39 is 0 Å². The molecule has 1 rings (SSSR count). The van der Waals surface area contributed by atoms with Crippen molar-refractivity contribution in [1.82, 2.24) is 15.5 Å². The fourth-order valence-electron chi connectivity index (χ4n) is 4.11. The third kappa shape index (κ3) is 13.4. The molecule has 28 heavy (non-hydrogen) atoms. The number of nitrogens with one attached hydrogen (secondary N) is 2. The van der Waals surface area contributed by atoms with Crippen LogP contribution in [0.4, 0.5) is 0 Å². The van der Waals surface area contributed by atoms with Crippen LogP contribution in [0, 0.1) is 0 Å². The lowest BCUT2D eigenvalue weighted by molar-refractivity contribution is -0.112. The first-order chi connectivity index (χ1) is 13.3. The van der Waals surface area contributed by atoms with Crippen molar-refractivity contribution in [2.24, 2.45) is 0 Å². The van der Waals surface area contributed by atoms with Gasteiger partial charge in [-0.3, -0.25) is 14.5 Å². The molecule has 0 saturated carbocycles. The lowest BCUT2D eigenvalue weighted by Crippen LogP contribution is -2.46. The Morgan fingerprint density at radius 2 is 1.04 bits per heavy atom. The van der Waals surface area contributed by atoms with E-state index in [1.165, 1.54) is 89.9 Å². The van der Waals surface area contributed by atoms with E-state index >= 15 is 0 Å². The topological polar surface area (TPSA) is 61.4 Å². The Labute approximate surface area is 179 Å². The number of amides is 2. The van der Waals surface area contributed by atoms with Crippen molar-refractivity contribution in [3.8, 4) is 0 Å². The van der Waals surface area contributed by atoms with Gasteiger partial charge in [0.05, 0.1) is 12.1 Å². The van der Waals surface area contributed by atoms with Crippen LogP contribution in [0.25, 0.3) is 0 Å². The average molecular weight is 418 g/mol. The van der Waals surface area contributed by atoms with Gasteiger partial charge < -0.3 is 10.6 Å². The summed E-state index contributed by atoms with van der Waals surface area (Å²) in [5.41, 5.74) is 0. The van der Waals surface area contributed by atoms with Gasteiger partial charge in [-0.25, -0.2) is 0 Å². The van der Waals surface area contributed by atoms with E-state index in [9.17, 15) is 9.59 Å². The molecule has 2 N–H and O–H groups in total. The lowest BCUT2D eigenvalue weighted by atomic mass is 10.0. The highest BCUT2D eigenvalue weighted by atomic mass is 35.5. The molecular formula is C22H44ClN3O2. The minimum absolute atomic E-state index is 0. The number of likely N-dealkylation sites (tertiary alicyclic amines) is 1. The number of halogens is 1. The summed E-state index contributed by atoms with van der Waals surface area (Å²) in [6, 6.07) is 0.0821. The van der Waals surface area contributed by atoms with Gasteiger partial charge >= 0.3 is 0 Å². The van der Waals surface area contributed by atoms with E-state index in [1.54, 1.807) is 0 Å². The summed E-state index contributed by atoms with van der Waals surface area (Å²) in [5, 5.41) is 5.63. The monoisotopic (exact) mass is 417 g/mol. The molecule has 0 aromatic heterocycles. The molecule has 0 aliphatic carbocycles. The number of nitrogens with zero attached hydrogens (tertiary/aromatic N) is 1. The normalized spacial score (nSPS) is 19.2. The highest BCUT2D eigenvalue weighted by molar-refractivity contribution is 5.85. The van der Waals surface area contributed by atoms with Gasteiger partial charge in [-0.1, -0.05) is 90.4 Å². The quantitative estimate of drug-likeness (QED) is 0.241. The summed E-state index contributed by atoms with van der Waals surface area (Å²) in [6.07, 6.45) is 20.8. The molecular weight excluding hydrogens is 374 g/mol. The maximum absolute atomic E-state index is 10.7. The predicted molar refractivity (Wildman–Crippen MR) is 120 cm³/mol. The highest BCUT2D eigenvalue weighted by Gasteiger charge is 2.31. The first-order valence-corrected chi connectivity index (χ1v) is 11.4. The first kappa shape index (κ1) is 27.2. The fraction of sp³-hybridized carbons (Fsp3) is 0.909. The van der Waals surface area contributed by atoms with Crippen LogP contribution >= 0.6 is 12.4 Å². The summed E-state index contributed by atoms with van der Waals surface area (Å²) < 4.78 is 0. The second-order valence-corrected chi connectivity index (χ2v) is 8.14. The molecule has 2 atom stereocenters. The second kappa shape index (κ2) is 19.5. The van der Waals surface area contributed by atoms with Crippen LogP contribution in [0.1, 0.15) is 96.8 Å². The van der Waals surface area contributed by atoms with Crippen LogP contribution in [-0.4, -0.2) is 49.4 Å². The van der Waals surface area contributed by atoms with E-state index in [4.69, 9.17) is 0 Å². The van der Waals surface area contributed by atoms with E-state index in [1.807, 2.05) is 0 Å². The van der Waals surface area contributed by atoms with Gasteiger partial charge in [-0.15, -0.1) is 12.4 Å². The Bertz CT molecular complexity index is 354. The van der Waals surface area contributed by atoms with Crippen molar-refractivity contribution in [2.75, 3.05) is 19.6 Å². The van der Waals surface area contributed by atoms with Crippen molar-refractivity contribution in [2.45, 2.75) is 109 Å². The van der Waals surface area contributed by atoms with E-state index in [2.05, 4.69) is 22.5 Å². The van der Waals surface area contributed by atoms with Gasteiger partial charge in [0.25, 0.3) is 0 Å². The molecule has 0 radical (unpaired) electrons. The molecule has 5 nitrogen and oxygen atoms in total. The summed E-state index contributed by atoms with van der Waals surface area (Å²) in [5.74, 6) is 0. The van der Waals surface area contributed by atoms with E-state index in [0.717, 1.165) is 32.5 Å². The van der Waals surface area contributed by atoms with Crippen LogP contribution in [0.5, 0.6) is 0 Å². The number of hydrogen-bond donors (Lipinski definition) is 2. The minimum atomic E-state index is 0. The average Bonchev–Trinajstić information content (AvgIpc) is 3.04. The molecule has 2 amide bonds. The number of carbonyl (C=O) groups is 2. The van der Waals surface area contributed by atoms with Gasteiger partial charge in [0.1, 0.15) is 0 Å². The summed E-state index contributed by atoms with van der Waals surface area (Å²) in [4.78, 5) is 23.7. The third-order valence-electron chi connectivity index (χ3n) is 5.79. The molecule has 6 heteroatoms. The number of carbonyl (C=O) groups excluding carboxylic acids is 2. The molecule has 0 aromatic rings. The molecule has 1 fully saturated rings. The Morgan fingerprint density at radius 1 is 0.679 bits per heavy atom. The zero-order chi connectivity index (χ0) is 19.6. The van der Waals surface area contributed by atoms with Gasteiger partial charge in [0, 0.05) is 13.1 Å². The Morgan fingerprint density at radius 3 is 1.39 bits per heavy atom. The van der Waals surface area contributed by atoms with Gasteiger partial charge in [0.2, 0.25) is 12.8 Å². The van der Waals surface area contributed by atoms with Crippen LogP contribution in [0.2, 0.25) is 0 Å². The summed E-state index contributed by atoms with van der Waals surface area (Å²) >= 11 is 0. The predicted octanol–water partition coefficient (Wildman–Crippen LogP) is 4.43. The zero-order valence-corrected chi connectivity index (χ0v) is 18.8. The standard InChI is InChI=1S/C22H43N3O2.ClH/c1-2-3-4-5-6-7-8-9-10-11-12-13-14-15-16-25-17-21(23-19-26)22(18-25)24-20-27;/h19-22H,2-18H2,1H3,(H,23,26)(H,24,27);1H. The van der Waals surface area contributed by atoms with Crippen molar-refractivity contribution < 1.29 is 9.59 Å². The molecule has 1 aliphatic heterocycles. The molecule has 2 unspecified atom stereocenters. The summed E-state index contributed by atoms with van der Waals surface area (Å²) in [7, 11) is 0. The molecule has 0 aromatic carbocycles. The lowest BCUT2D eigenvalue weighted by Gasteiger charge is -2.15. The van der Waals surface area contributed by atoms with Crippen LogP contribution in [0.3, 0.4) is 0 Å². The van der Waals surface area contributed by atoms with Crippen LogP contribution in [0.15, 0.2) is 0 Å². The Kier molecular flexibility index (Phi) is 18.9. The Balaban J connectivity index is 0.00000729. The molecule has 1 heterocycles. The van der Waals surface area contributed by atoms with Crippen molar-refractivity contribution in [1.29, 1.82) is 0 Å². The SMILES string of the molecule is CCCCCCCCCCCCCCCCN1CC(NC=O)C(NC=O)C1.Cl. The molecule has 0 bridgehead atoms. The number of rotatable bonds is 19.